The van der Waals surface area contributed by atoms with Gasteiger partial charge in [-0.3, -0.25) is 9.59 Å². The predicted molar refractivity (Wildman–Crippen MR) is 103 cm³/mol. The summed E-state index contributed by atoms with van der Waals surface area (Å²) in [5, 5.41) is 15.5. The highest BCUT2D eigenvalue weighted by Gasteiger charge is 2.16. The van der Waals surface area contributed by atoms with Gasteiger partial charge in [-0.1, -0.05) is 30.3 Å². The zero-order valence-electron chi connectivity index (χ0n) is 15.5. The number of rotatable bonds is 7. The van der Waals surface area contributed by atoms with Crippen LogP contribution < -0.4 is 15.5 Å². The van der Waals surface area contributed by atoms with Gasteiger partial charge in [0.15, 0.2) is 0 Å². The van der Waals surface area contributed by atoms with Crippen molar-refractivity contribution in [2.45, 2.75) is 19.9 Å². The molecular formula is C20H21N3O5. The number of hydrogen-bond acceptors (Lipinski definition) is 5. The van der Waals surface area contributed by atoms with E-state index in [0.717, 1.165) is 5.56 Å². The van der Waals surface area contributed by atoms with Gasteiger partial charge in [0.05, 0.1) is 18.9 Å². The summed E-state index contributed by atoms with van der Waals surface area (Å²) in [7, 11) is 0. The first-order valence-corrected chi connectivity index (χ1v) is 8.61. The fourth-order valence-electron chi connectivity index (χ4n) is 2.38. The molecule has 2 amide bonds. The lowest BCUT2D eigenvalue weighted by Gasteiger charge is -2.13. The van der Waals surface area contributed by atoms with Crippen LogP contribution in [0.25, 0.3) is 0 Å². The molecular weight excluding hydrogens is 362 g/mol. The fraction of sp³-hybridized carbons (Fsp3) is 0.200. The van der Waals surface area contributed by atoms with Crippen molar-refractivity contribution in [3.63, 3.8) is 0 Å². The Morgan fingerprint density at radius 2 is 1.86 bits per heavy atom. The van der Waals surface area contributed by atoms with Crippen molar-refractivity contribution in [1.29, 1.82) is 0 Å². The van der Waals surface area contributed by atoms with E-state index in [1.54, 1.807) is 19.9 Å². The van der Waals surface area contributed by atoms with E-state index in [4.69, 9.17) is 4.74 Å². The highest BCUT2D eigenvalue weighted by Crippen LogP contribution is 2.19. The van der Waals surface area contributed by atoms with Crippen LogP contribution in [0.3, 0.4) is 0 Å². The third-order valence-corrected chi connectivity index (χ3v) is 3.77. The van der Waals surface area contributed by atoms with E-state index in [2.05, 4.69) is 15.8 Å². The largest absolute Gasteiger partial charge is 0.493 e. The zero-order chi connectivity index (χ0) is 20.5. The lowest BCUT2D eigenvalue weighted by Crippen LogP contribution is -2.39. The van der Waals surface area contributed by atoms with Crippen molar-refractivity contribution in [3.8, 4) is 5.75 Å². The summed E-state index contributed by atoms with van der Waals surface area (Å²) < 4.78 is 5.25. The maximum Gasteiger partial charge on any atom is 0.339 e. The molecule has 8 nitrogen and oxygen atoms in total. The molecule has 3 N–H and O–H groups in total. The van der Waals surface area contributed by atoms with Crippen LogP contribution in [-0.4, -0.2) is 35.7 Å². The van der Waals surface area contributed by atoms with Gasteiger partial charge in [0.2, 0.25) is 0 Å². The fourth-order valence-corrected chi connectivity index (χ4v) is 2.38. The highest BCUT2D eigenvalue weighted by atomic mass is 16.5. The maximum absolute atomic E-state index is 11.9. The minimum Gasteiger partial charge on any atom is -0.493 e. The molecule has 0 unspecified atom stereocenters. The molecule has 2 aromatic rings. The van der Waals surface area contributed by atoms with Crippen LogP contribution in [0.4, 0.5) is 0 Å². The molecule has 28 heavy (non-hydrogen) atoms. The van der Waals surface area contributed by atoms with Gasteiger partial charge in [0.1, 0.15) is 11.3 Å². The van der Waals surface area contributed by atoms with Gasteiger partial charge in [-0.05, 0) is 43.2 Å². The van der Waals surface area contributed by atoms with Gasteiger partial charge in [0, 0.05) is 0 Å². The van der Waals surface area contributed by atoms with Gasteiger partial charge in [-0.25, -0.2) is 10.2 Å². The Morgan fingerprint density at radius 3 is 2.50 bits per heavy atom. The second-order valence-electron chi connectivity index (χ2n) is 5.80. The molecule has 8 heteroatoms. The van der Waals surface area contributed by atoms with Crippen LogP contribution in [0.5, 0.6) is 5.75 Å². The second kappa shape index (κ2) is 9.86. The molecule has 0 bridgehead atoms. The first kappa shape index (κ1) is 20.6. The van der Waals surface area contributed by atoms with Gasteiger partial charge in [-0.2, -0.15) is 5.10 Å². The average molecular weight is 383 g/mol. The van der Waals surface area contributed by atoms with Crippen molar-refractivity contribution in [2.75, 3.05) is 6.61 Å². The van der Waals surface area contributed by atoms with Crippen molar-refractivity contribution in [3.05, 3.63) is 65.2 Å². The number of amides is 2. The number of hydrogen-bond donors (Lipinski definition) is 3. The van der Waals surface area contributed by atoms with Crippen LogP contribution in [0.2, 0.25) is 0 Å². The molecule has 0 spiro atoms. The van der Waals surface area contributed by atoms with E-state index in [9.17, 15) is 19.5 Å². The van der Waals surface area contributed by atoms with Crippen LogP contribution in [-0.2, 0) is 9.59 Å². The number of aromatic carboxylic acids is 1. The molecule has 0 aliphatic heterocycles. The van der Waals surface area contributed by atoms with E-state index >= 15 is 0 Å². The number of carboxylic acids is 1. The second-order valence-corrected chi connectivity index (χ2v) is 5.80. The van der Waals surface area contributed by atoms with Crippen molar-refractivity contribution in [2.24, 2.45) is 5.10 Å². The molecule has 0 saturated carbocycles. The number of nitrogens with zero attached hydrogens (tertiary/aromatic N) is 1. The minimum absolute atomic E-state index is 0.0217. The number of carboxylic acid groups (broad SMARTS) is 1. The number of carbonyl (C=O) groups is 3. The minimum atomic E-state index is -1.14. The van der Waals surface area contributed by atoms with Crippen LogP contribution in [0.15, 0.2) is 53.6 Å². The maximum atomic E-state index is 11.9. The van der Waals surface area contributed by atoms with Crippen LogP contribution in [0.1, 0.15) is 41.4 Å². The highest BCUT2D eigenvalue weighted by molar-refractivity contribution is 6.35. The van der Waals surface area contributed by atoms with Crippen LogP contribution >= 0.6 is 0 Å². The molecule has 0 aliphatic rings. The molecule has 0 aromatic heterocycles. The smallest absolute Gasteiger partial charge is 0.339 e. The lowest BCUT2D eigenvalue weighted by molar-refractivity contribution is -0.139. The van der Waals surface area contributed by atoms with Crippen molar-refractivity contribution < 1.29 is 24.2 Å². The first-order valence-electron chi connectivity index (χ1n) is 8.61. The third kappa shape index (κ3) is 5.66. The van der Waals surface area contributed by atoms with Gasteiger partial charge in [-0.15, -0.1) is 0 Å². The Bertz CT molecular complexity index is 881. The quantitative estimate of drug-likeness (QED) is 0.385. The Morgan fingerprint density at radius 1 is 1.14 bits per heavy atom. The standard InChI is InChI=1S/C20H21N3O5/c1-3-28-17-10-9-14(11-16(17)20(26)27)12-21-23-19(25)18(24)22-13(2)15-7-5-4-6-8-15/h4-13H,3H2,1-2H3,(H,22,24)(H,23,25)(H,26,27)/b21-12-/t13-/m0/s1. The number of benzene rings is 2. The Hall–Kier alpha value is -3.68. The van der Waals surface area contributed by atoms with Crippen molar-refractivity contribution >= 4 is 24.0 Å². The summed E-state index contributed by atoms with van der Waals surface area (Å²) in [6, 6.07) is 13.3. The Balaban J connectivity index is 1.96. The normalized spacial score (nSPS) is 11.6. The first-order chi connectivity index (χ1) is 13.4. The van der Waals surface area contributed by atoms with Gasteiger partial charge >= 0.3 is 17.8 Å². The Kier molecular flexibility index (Phi) is 7.27. The molecule has 0 radical (unpaired) electrons. The third-order valence-electron chi connectivity index (χ3n) is 3.77. The monoisotopic (exact) mass is 383 g/mol. The van der Waals surface area contributed by atoms with Crippen LogP contribution in [0, 0.1) is 0 Å². The van der Waals surface area contributed by atoms with E-state index in [-0.39, 0.29) is 17.4 Å². The van der Waals surface area contributed by atoms with E-state index in [1.807, 2.05) is 30.3 Å². The number of carbonyl (C=O) groups excluding carboxylic acids is 2. The molecule has 0 heterocycles. The van der Waals surface area contributed by atoms with Gasteiger partial charge in [0.25, 0.3) is 0 Å². The summed E-state index contributed by atoms with van der Waals surface area (Å²) in [6.07, 6.45) is 1.24. The topological polar surface area (TPSA) is 117 Å². The molecule has 146 valence electrons. The number of nitrogens with one attached hydrogen (secondary N) is 2. The van der Waals surface area contributed by atoms with E-state index in [0.29, 0.717) is 12.2 Å². The number of ether oxygens (including phenoxy) is 1. The van der Waals surface area contributed by atoms with E-state index in [1.165, 1.54) is 18.3 Å². The average Bonchev–Trinajstić information content (AvgIpc) is 2.69. The van der Waals surface area contributed by atoms with Crippen molar-refractivity contribution in [1.82, 2.24) is 10.7 Å². The molecule has 0 fully saturated rings. The summed E-state index contributed by atoms with van der Waals surface area (Å²) in [4.78, 5) is 35.1. The molecule has 1 atom stereocenters. The predicted octanol–water partition coefficient (Wildman–Crippen LogP) is 2.11. The lowest BCUT2D eigenvalue weighted by atomic mass is 10.1. The summed E-state index contributed by atoms with van der Waals surface area (Å²) >= 11 is 0. The summed E-state index contributed by atoms with van der Waals surface area (Å²) in [5.41, 5.74) is 3.39. The zero-order valence-corrected chi connectivity index (χ0v) is 15.5. The summed E-state index contributed by atoms with van der Waals surface area (Å²) in [6.45, 7) is 3.84. The van der Waals surface area contributed by atoms with E-state index < -0.39 is 17.8 Å². The Labute approximate surface area is 162 Å². The van der Waals surface area contributed by atoms with Gasteiger partial charge < -0.3 is 15.2 Å². The molecule has 0 aliphatic carbocycles. The molecule has 2 aromatic carbocycles. The molecule has 2 rings (SSSR count). The molecule has 0 saturated heterocycles. The SMILES string of the molecule is CCOc1ccc(/C=N\NC(=O)C(=O)N[C@@H](C)c2ccccc2)cc1C(=O)O. The summed E-state index contributed by atoms with van der Waals surface area (Å²) in [5.74, 6) is -2.66. The number of hydrazone groups is 1.